The molecule has 0 aliphatic carbocycles. The molecular formula is C20H17N9. The Hall–Kier alpha value is -4.27. The number of hydrogen-bond donors (Lipinski definition) is 2. The third-order valence-electron chi connectivity index (χ3n) is 4.35. The van der Waals surface area contributed by atoms with E-state index in [2.05, 4.69) is 25.4 Å². The molecule has 0 spiro atoms. The van der Waals surface area contributed by atoms with Crippen molar-refractivity contribution in [2.45, 2.75) is 6.92 Å². The molecule has 0 amide bonds. The predicted octanol–water partition coefficient (Wildman–Crippen LogP) is 3.01. The summed E-state index contributed by atoms with van der Waals surface area (Å²) in [5.41, 5.74) is 8.20. The lowest BCUT2D eigenvalue weighted by Gasteiger charge is -2.07. The minimum absolute atomic E-state index is 0.406. The van der Waals surface area contributed by atoms with Crippen molar-refractivity contribution in [2.24, 2.45) is 0 Å². The minimum Gasteiger partial charge on any atom is -0.384 e. The molecule has 9 heteroatoms. The number of rotatable bonds is 4. The number of nitrogens with zero attached hydrogens (tertiary/aromatic N) is 7. The Morgan fingerprint density at radius 1 is 0.966 bits per heavy atom. The lowest BCUT2D eigenvalue weighted by molar-refractivity contribution is 0.850. The van der Waals surface area contributed by atoms with Crippen molar-refractivity contribution in [3.63, 3.8) is 0 Å². The maximum atomic E-state index is 5.96. The number of nitrogen functional groups attached to an aromatic ring is 1. The van der Waals surface area contributed by atoms with Gasteiger partial charge in [0.2, 0.25) is 0 Å². The zero-order chi connectivity index (χ0) is 19.8. The predicted molar refractivity (Wildman–Crippen MR) is 110 cm³/mol. The zero-order valence-corrected chi connectivity index (χ0v) is 15.6. The van der Waals surface area contributed by atoms with Gasteiger partial charge in [-0.3, -0.25) is 4.40 Å². The van der Waals surface area contributed by atoms with Crippen LogP contribution in [0.25, 0.3) is 22.9 Å². The largest absolute Gasteiger partial charge is 0.384 e. The fraction of sp³-hybridized carbons (Fsp3) is 0.0500. The maximum Gasteiger partial charge on any atom is 0.160 e. The summed E-state index contributed by atoms with van der Waals surface area (Å²) in [6.07, 6.45) is 5.50. The van der Waals surface area contributed by atoms with Gasteiger partial charge in [-0.25, -0.2) is 24.6 Å². The SMILES string of the molecule is Cc1nc(N)cc(-c2c(Nc3ccn(-c4ccccn4)n3)nc3ccccn23)n1. The second-order valence-corrected chi connectivity index (χ2v) is 6.42. The summed E-state index contributed by atoms with van der Waals surface area (Å²) < 4.78 is 3.66. The Balaban J connectivity index is 1.60. The Morgan fingerprint density at radius 2 is 1.86 bits per heavy atom. The second-order valence-electron chi connectivity index (χ2n) is 6.42. The quantitative estimate of drug-likeness (QED) is 0.490. The average molecular weight is 383 g/mol. The summed E-state index contributed by atoms with van der Waals surface area (Å²) in [7, 11) is 0. The van der Waals surface area contributed by atoms with Gasteiger partial charge in [-0.2, -0.15) is 0 Å². The Bertz CT molecular complexity index is 1280. The highest BCUT2D eigenvalue weighted by molar-refractivity contribution is 5.78. The number of anilines is 3. The van der Waals surface area contributed by atoms with Gasteiger partial charge < -0.3 is 11.1 Å². The van der Waals surface area contributed by atoms with Crippen molar-refractivity contribution < 1.29 is 0 Å². The van der Waals surface area contributed by atoms with Gasteiger partial charge in [0.15, 0.2) is 17.5 Å². The van der Waals surface area contributed by atoms with Crippen LogP contribution in [0.2, 0.25) is 0 Å². The van der Waals surface area contributed by atoms with Crippen molar-refractivity contribution in [1.29, 1.82) is 0 Å². The van der Waals surface area contributed by atoms with Crippen molar-refractivity contribution >= 4 is 23.1 Å². The minimum atomic E-state index is 0.406. The number of hydrogen-bond acceptors (Lipinski definition) is 7. The van der Waals surface area contributed by atoms with Crippen LogP contribution < -0.4 is 11.1 Å². The van der Waals surface area contributed by atoms with Crippen LogP contribution in [-0.2, 0) is 0 Å². The monoisotopic (exact) mass is 383 g/mol. The lowest BCUT2D eigenvalue weighted by Crippen LogP contribution is -2.02. The molecule has 3 N–H and O–H groups in total. The molecule has 0 aliphatic heterocycles. The fourth-order valence-corrected chi connectivity index (χ4v) is 3.17. The molecular weight excluding hydrogens is 366 g/mol. The number of aryl methyl sites for hydroxylation is 1. The number of aromatic nitrogens is 7. The molecule has 29 heavy (non-hydrogen) atoms. The topological polar surface area (TPSA) is 112 Å². The van der Waals surface area contributed by atoms with Crippen LogP contribution >= 0.6 is 0 Å². The van der Waals surface area contributed by atoms with E-state index >= 15 is 0 Å². The first-order chi connectivity index (χ1) is 14.2. The first-order valence-electron chi connectivity index (χ1n) is 9.00. The normalized spacial score (nSPS) is 11.1. The van der Waals surface area contributed by atoms with E-state index in [1.807, 2.05) is 66.2 Å². The zero-order valence-electron chi connectivity index (χ0n) is 15.6. The Labute approximate surface area is 165 Å². The highest BCUT2D eigenvalue weighted by Gasteiger charge is 2.17. The van der Waals surface area contributed by atoms with Gasteiger partial charge in [-0.05, 0) is 31.2 Å². The number of nitrogens with one attached hydrogen (secondary N) is 1. The molecule has 0 saturated carbocycles. The molecule has 0 aliphatic rings. The molecule has 0 radical (unpaired) electrons. The van der Waals surface area contributed by atoms with Crippen LogP contribution in [0, 0.1) is 6.92 Å². The molecule has 0 bridgehead atoms. The molecule has 0 atom stereocenters. The van der Waals surface area contributed by atoms with E-state index in [1.54, 1.807) is 16.9 Å². The Morgan fingerprint density at radius 3 is 2.69 bits per heavy atom. The summed E-state index contributed by atoms with van der Waals surface area (Å²) in [5, 5.41) is 7.85. The fourth-order valence-electron chi connectivity index (χ4n) is 3.17. The average Bonchev–Trinajstić information content (AvgIpc) is 3.32. The lowest BCUT2D eigenvalue weighted by atomic mass is 10.2. The van der Waals surface area contributed by atoms with E-state index < -0.39 is 0 Å². The molecule has 0 aromatic carbocycles. The first kappa shape index (κ1) is 16.9. The van der Waals surface area contributed by atoms with Crippen LogP contribution in [0.3, 0.4) is 0 Å². The first-order valence-corrected chi connectivity index (χ1v) is 9.00. The van der Waals surface area contributed by atoms with Crippen molar-refractivity contribution in [3.05, 3.63) is 72.9 Å². The Kier molecular flexibility index (Phi) is 3.91. The summed E-state index contributed by atoms with van der Waals surface area (Å²) in [6, 6.07) is 15.1. The number of pyridine rings is 2. The third-order valence-corrected chi connectivity index (χ3v) is 4.35. The van der Waals surface area contributed by atoms with E-state index in [0.717, 1.165) is 17.2 Å². The van der Waals surface area contributed by atoms with E-state index in [9.17, 15) is 0 Å². The van der Waals surface area contributed by atoms with Gasteiger partial charge in [0.25, 0.3) is 0 Å². The molecule has 5 aromatic rings. The molecule has 0 unspecified atom stereocenters. The van der Waals surface area contributed by atoms with Gasteiger partial charge in [0.05, 0.1) is 5.69 Å². The molecule has 142 valence electrons. The van der Waals surface area contributed by atoms with Gasteiger partial charge >= 0.3 is 0 Å². The number of nitrogens with two attached hydrogens (primary N) is 1. The highest BCUT2D eigenvalue weighted by Crippen LogP contribution is 2.30. The molecule has 9 nitrogen and oxygen atoms in total. The van der Waals surface area contributed by atoms with Gasteiger partial charge in [0, 0.05) is 30.7 Å². The second kappa shape index (κ2) is 6.71. The summed E-state index contributed by atoms with van der Waals surface area (Å²) in [4.78, 5) is 17.7. The van der Waals surface area contributed by atoms with Crippen LogP contribution in [0.15, 0.2) is 67.1 Å². The highest BCUT2D eigenvalue weighted by atomic mass is 15.3. The van der Waals surface area contributed by atoms with E-state index in [-0.39, 0.29) is 0 Å². The number of imidazole rings is 1. The number of fused-ring (bicyclic) bond motifs is 1. The van der Waals surface area contributed by atoms with Crippen molar-refractivity contribution in [3.8, 4) is 17.2 Å². The molecule has 0 saturated heterocycles. The van der Waals surface area contributed by atoms with E-state index in [1.165, 1.54) is 0 Å². The van der Waals surface area contributed by atoms with E-state index in [4.69, 9.17) is 10.7 Å². The molecule has 5 rings (SSSR count). The summed E-state index contributed by atoms with van der Waals surface area (Å²) in [5.74, 6) is 2.99. The standard InChI is InChI=1S/C20H17N9/c1-13-23-14(12-15(21)24-13)19-20(26-18-7-3-5-10-28(18)19)25-16-8-11-29(27-16)17-6-2-4-9-22-17/h2-12H,1H3,(H,25,27)(H2,21,23,24). The van der Waals surface area contributed by atoms with Crippen molar-refractivity contribution in [2.75, 3.05) is 11.1 Å². The maximum absolute atomic E-state index is 5.96. The smallest absolute Gasteiger partial charge is 0.160 e. The van der Waals surface area contributed by atoms with Crippen LogP contribution in [0.5, 0.6) is 0 Å². The molecule has 5 heterocycles. The van der Waals surface area contributed by atoms with Crippen LogP contribution in [0.1, 0.15) is 5.82 Å². The van der Waals surface area contributed by atoms with Gasteiger partial charge in [-0.15, -0.1) is 5.10 Å². The van der Waals surface area contributed by atoms with Crippen molar-refractivity contribution in [1.82, 2.24) is 34.1 Å². The molecule has 0 fully saturated rings. The van der Waals surface area contributed by atoms with Crippen LogP contribution in [0.4, 0.5) is 17.5 Å². The van der Waals surface area contributed by atoms with Gasteiger partial charge in [-0.1, -0.05) is 12.1 Å². The molecule has 5 aromatic heterocycles. The van der Waals surface area contributed by atoms with Crippen LogP contribution in [-0.4, -0.2) is 34.1 Å². The third kappa shape index (κ3) is 3.14. The van der Waals surface area contributed by atoms with E-state index in [0.29, 0.717) is 29.0 Å². The summed E-state index contributed by atoms with van der Waals surface area (Å²) >= 11 is 0. The summed E-state index contributed by atoms with van der Waals surface area (Å²) in [6.45, 7) is 1.81. The van der Waals surface area contributed by atoms with Gasteiger partial charge in [0.1, 0.15) is 23.0 Å².